The van der Waals surface area contributed by atoms with Crippen molar-refractivity contribution in [2.45, 2.75) is 18.5 Å². The molecule has 0 radical (unpaired) electrons. The third-order valence-corrected chi connectivity index (χ3v) is 3.73. The summed E-state index contributed by atoms with van der Waals surface area (Å²) in [5.74, 6) is 0.308. The Labute approximate surface area is 120 Å². The zero-order chi connectivity index (χ0) is 15.0. The number of hydrogen-bond acceptors (Lipinski definition) is 3. The molecule has 1 aliphatic carbocycles. The van der Waals surface area contributed by atoms with Gasteiger partial charge >= 0.3 is 6.18 Å². The molecule has 0 bridgehead atoms. The predicted octanol–water partition coefficient (Wildman–Crippen LogP) is 3.43. The average Bonchev–Trinajstić information content (AvgIpc) is 2.40. The summed E-state index contributed by atoms with van der Waals surface area (Å²) >= 11 is 0. The summed E-state index contributed by atoms with van der Waals surface area (Å²) in [6, 6.07) is 9.02. The Morgan fingerprint density at radius 3 is 2.76 bits per heavy atom. The number of benzene rings is 1. The van der Waals surface area contributed by atoms with Crippen molar-refractivity contribution in [2.24, 2.45) is 0 Å². The minimum absolute atomic E-state index is 0.218. The molecule has 0 spiro atoms. The Morgan fingerprint density at radius 2 is 2.05 bits per heavy atom. The molecule has 3 rings (SSSR count). The first-order valence-electron chi connectivity index (χ1n) is 6.59. The van der Waals surface area contributed by atoms with Crippen molar-refractivity contribution in [3.8, 4) is 0 Å². The normalized spacial score (nSPS) is 17.0. The van der Waals surface area contributed by atoms with E-state index in [-0.39, 0.29) is 11.4 Å². The van der Waals surface area contributed by atoms with Gasteiger partial charge in [-0.15, -0.1) is 0 Å². The van der Waals surface area contributed by atoms with Crippen LogP contribution in [0.1, 0.15) is 22.7 Å². The highest BCUT2D eigenvalue weighted by Crippen LogP contribution is 2.36. The molecule has 1 aromatic heterocycles. The molecule has 1 heterocycles. The molecule has 21 heavy (non-hydrogen) atoms. The summed E-state index contributed by atoms with van der Waals surface area (Å²) in [4.78, 5) is 3.32. The van der Waals surface area contributed by atoms with E-state index in [0.29, 0.717) is 12.5 Å². The predicted molar refractivity (Wildman–Crippen MR) is 75.0 cm³/mol. The molecule has 6 heteroatoms. The van der Waals surface area contributed by atoms with Crippen LogP contribution in [0.2, 0.25) is 0 Å². The second-order valence-corrected chi connectivity index (χ2v) is 5.14. The second-order valence-electron chi connectivity index (χ2n) is 5.14. The highest BCUT2D eigenvalue weighted by Gasteiger charge is 2.33. The Hall–Kier alpha value is -2.24. The van der Waals surface area contributed by atoms with Crippen molar-refractivity contribution in [1.82, 2.24) is 4.98 Å². The zero-order valence-corrected chi connectivity index (χ0v) is 11.1. The summed E-state index contributed by atoms with van der Waals surface area (Å²) in [5.41, 5.74) is 7.78. The minimum Gasteiger partial charge on any atom is -0.396 e. The monoisotopic (exact) mass is 293 g/mol. The van der Waals surface area contributed by atoms with Gasteiger partial charge in [-0.25, -0.2) is 4.98 Å². The molecule has 3 nitrogen and oxygen atoms in total. The van der Waals surface area contributed by atoms with Gasteiger partial charge < -0.3 is 11.1 Å². The van der Waals surface area contributed by atoms with Crippen LogP contribution in [0.5, 0.6) is 0 Å². The number of aromatic nitrogens is 1. The number of nitrogen functional groups attached to an aromatic ring is 1. The number of rotatable bonds is 3. The molecule has 1 unspecified atom stereocenters. The fourth-order valence-electron chi connectivity index (χ4n) is 2.55. The van der Waals surface area contributed by atoms with Crippen LogP contribution >= 0.6 is 0 Å². The fourth-order valence-corrected chi connectivity index (χ4v) is 2.55. The van der Waals surface area contributed by atoms with Crippen molar-refractivity contribution in [3.05, 3.63) is 53.3 Å². The largest absolute Gasteiger partial charge is 0.433 e. The van der Waals surface area contributed by atoms with E-state index in [1.54, 1.807) is 0 Å². The lowest BCUT2D eigenvalue weighted by molar-refractivity contribution is -0.141. The van der Waals surface area contributed by atoms with Crippen LogP contribution in [0.15, 0.2) is 36.5 Å². The van der Waals surface area contributed by atoms with Gasteiger partial charge in [0.1, 0.15) is 5.69 Å². The fraction of sp³-hybridized carbons (Fsp3) is 0.267. The van der Waals surface area contributed by atoms with E-state index in [2.05, 4.69) is 16.4 Å². The van der Waals surface area contributed by atoms with Gasteiger partial charge in [0.2, 0.25) is 0 Å². The molecule has 1 atom stereocenters. The van der Waals surface area contributed by atoms with E-state index in [9.17, 15) is 13.2 Å². The third-order valence-electron chi connectivity index (χ3n) is 3.73. The third kappa shape index (κ3) is 2.66. The van der Waals surface area contributed by atoms with Crippen LogP contribution in [-0.2, 0) is 12.6 Å². The van der Waals surface area contributed by atoms with Gasteiger partial charge in [-0.05, 0) is 23.6 Å². The van der Waals surface area contributed by atoms with E-state index in [1.165, 1.54) is 11.1 Å². The Balaban J connectivity index is 1.72. The molecule has 2 aromatic rings. The van der Waals surface area contributed by atoms with Gasteiger partial charge in [0, 0.05) is 12.5 Å². The number of fused-ring (bicyclic) bond motifs is 1. The quantitative estimate of drug-likeness (QED) is 0.911. The maximum Gasteiger partial charge on any atom is 0.433 e. The van der Waals surface area contributed by atoms with Crippen LogP contribution in [-0.4, -0.2) is 11.5 Å². The number of anilines is 2. The first kappa shape index (κ1) is 13.7. The molecule has 0 aliphatic heterocycles. The molecule has 1 aliphatic rings. The van der Waals surface area contributed by atoms with Crippen molar-refractivity contribution in [3.63, 3.8) is 0 Å². The standard InChI is InChI=1S/C15H14F3N3/c16-15(17,18)14-6-13(12(19)8-21-14)20-7-10-5-9-3-1-2-4-11(9)10/h1-4,6,8,10H,5,7,19H2,(H,20,21). The zero-order valence-electron chi connectivity index (χ0n) is 11.1. The first-order valence-corrected chi connectivity index (χ1v) is 6.59. The number of alkyl halides is 3. The number of nitrogens with two attached hydrogens (primary N) is 1. The van der Waals surface area contributed by atoms with Gasteiger partial charge in [0.25, 0.3) is 0 Å². The maximum absolute atomic E-state index is 12.6. The Morgan fingerprint density at radius 1 is 1.29 bits per heavy atom. The topological polar surface area (TPSA) is 50.9 Å². The van der Waals surface area contributed by atoms with Gasteiger partial charge in [0.05, 0.1) is 17.6 Å². The van der Waals surface area contributed by atoms with Crippen LogP contribution in [0.4, 0.5) is 24.5 Å². The summed E-state index contributed by atoms with van der Waals surface area (Å²) in [6.45, 7) is 0.558. The molecular formula is C15H14F3N3. The van der Waals surface area contributed by atoms with E-state index < -0.39 is 11.9 Å². The lowest BCUT2D eigenvalue weighted by Crippen LogP contribution is -2.24. The Kier molecular flexibility index (Phi) is 3.23. The summed E-state index contributed by atoms with van der Waals surface area (Å²) in [7, 11) is 0. The van der Waals surface area contributed by atoms with E-state index in [4.69, 9.17) is 5.73 Å². The molecule has 110 valence electrons. The molecule has 0 fully saturated rings. The highest BCUT2D eigenvalue weighted by molar-refractivity contribution is 5.65. The van der Waals surface area contributed by atoms with Gasteiger partial charge in [-0.2, -0.15) is 13.2 Å². The minimum atomic E-state index is -4.47. The number of halogens is 3. The number of hydrogen-bond donors (Lipinski definition) is 2. The smallest absolute Gasteiger partial charge is 0.396 e. The average molecular weight is 293 g/mol. The van der Waals surface area contributed by atoms with Crippen LogP contribution in [0.3, 0.4) is 0 Å². The molecule has 3 N–H and O–H groups in total. The molecule has 1 aromatic carbocycles. The summed E-state index contributed by atoms with van der Waals surface area (Å²) in [5, 5.41) is 3.00. The van der Waals surface area contributed by atoms with Gasteiger partial charge in [-0.1, -0.05) is 24.3 Å². The van der Waals surface area contributed by atoms with Crippen molar-refractivity contribution in [1.29, 1.82) is 0 Å². The SMILES string of the molecule is Nc1cnc(C(F)(F)F)cc1NCC1Cc2ccccc21. The molecule has 0 saturated heterocycles. The second kappa shape index (κ2) is 4.95. The van der Waals surface area contributed by atoms with Crippen LogP contribution in [0.25, 0.3) is 0 Å². The first-order chi connectivity index (χ1) is 9.95. The van der Waals surface area contributed by atoms with Crippen LogP contribution < -0.4 is 11.1 Å². The van der Waals surface area contributed by atoms with Crippen LogP contribution in [0, 0.1) is 0 Å². The summed E-state index contributed by atoms with van der Waals surface area (Å²) < 4.78 is 37.9. The lowest BCUT2D eigenvalue weighted by Gasteiger charge is -2.30. The van der Waals surface area contributed by atoms with E-state index in [0.717, 1.165) is 18.7 Å². The van der Waals surface area contributed by atoms with E-state index >= 15 is 0 Å². The van der Waals surface area contributed by atoms with Crippen molar-refractivity contribution in [2.75, 3.05) is 17.6 Å². The number of pyridine rings is 1. The van der Waals surface area contributed by atoms with Gasteiger partial charge in [0.15, 0.2) is 0 Å². The van der Waals surface area contributed by atoms with Gasteiger partial charge in [-0.3, -0.25) is 0 Å². The summed E-state index contributed by atoms with van der Waals surface area (Å²) in [6.07, 6.45) is -2.49. The molecule has 0 amide bonds. The maximum atomic E-state index is 12.6. The molecule has 0 saturated carbocycles. The Bertz CT molecular complexity index is 667. The molecular weight excluding hydrogens is 279 g/mol. The van der Waals surface area contributed by atoms with Crippen molar-refractivity contribution < 1.29 is 13.2 Å². The number of nitrogens with one attached hydrogen (secondary N) is 1. The van der Waals surface area contributed by atoms with Crippen molar-refractivity contribution >= 4 is 11.4 Å². The number of nitrogens with zero attached hydrogens (tertiary/aromatic N) is 1. The highest BCUT2D eigenvalue weighted by atomic mass is 19.4. The van der Waals surface area contributed by atoms with E-state index in [1.807, 2.05) is 18.2 Å². The lowest BCUT2D eigenvalue weighted by atomic mass is 9.77.